The molecule has 1 amide bonds. The second-order valence-corrected chi connectivity index (χ2v) is 8.01. The van der Waals surface area contributed by atoms with Crippen molar-refractivity contribution in [2.24, 2.45) is 0 Å². The van der Waals surface area contributed by atoms with Crippen LogP contribution in [0.3, 0.4) is 0 Å². The lowest BCUT2D eigenvalue weighted by Gasteiger charge is -2.27. The van der Waals surface area contributed by atoms with Crippen molar-refractivity contribution in [3.63, 3.8) is 0 Å². The van der Waals surface area contributed by atoms with Crippen molar-refractivity contribution in [2.45, 2.75) is 25.0 Å². The van der Waals surface area contributed by atoms with Gasteiger partial charge in [0.05, 0.1) is 22.6 Å². The summed E-state index contributed by atoms with van der Waals surface area (Å²) in [5.41, 5.74) is 0.174. The van der Waals surface area contributed by atoms with E-state index in [-0.39, 0.29) is 17.5 Å². The highest BCUT2D eigenvalue weighted by Crippen LogP contribution is 2.41. The van der Waals surface area contributed by atoms with Crippen molar-refractivity contribution < 1.29 is 19.4 Å². The van der Waals surface area contributed by atoms with Gasteiger partial charge >= 0.3 is 0 Å². The van der Waals surface area contributed by atoms with Crippen LogP contribution in [0.2, 0.25) is 0 Å². The molecule has 0 spiro atoms. The van der Waals surface area contributed by atoms with Gasteiger partial charge in [-0.15, -0.1) is 22.7 Å². The highest BCUT2D eigenvalue weighted by Gasteiger charge is 2.45. The fraction of sp³-hybridized carbons (Fsp3) is 0.333. The molecule has 25 heavy (non-hydrogen) atoms. The van der Waals surface area contributed by atoms with Crippen molar-refractivity contribution >= 4 is 34.4 Å². The lowest BCUT2D eigenvalue weighted by atomic mass is 10.0. The molecule has 0 aliphatic carbocycles. The third-order valence-corrected chi connectivity index (χ3v) is 6.32. The molecule has 5 nitrogen and oxygen atoms in total. The van der Waals surface area contributed by atoms with Crippen molar-refractivity contribution in [2.75, 3.05) is 13.2 Å². The van der Waals surface area contributed by atoms with Gasteiger partial charge in [0.1, 0.15) is 0 Å². The van der Waals surface area contributed by atoms with Crippen LogP contribution in [0.25, 0.3) is 0 Å². The van der Waals surface area contributed by atoms with Crippen molar-refractivity contribution in [1.29, 1.82) is 0 Å². The van der Waals surface area contributed by atoms with E-state index in [4.69, 9.17) is 4.74 Å². The quantitative estimate of drug-likeness (QED) is 0.812. The minimum absolute atomic E-state index is 0.0459. The maximum Gasteiger partial charge on any atom is 0.290 e. The van der Waals surface area contributed by atoms with E-state index in [0.29, 0.717) is 18.0 Å². The normalized spacial score (nSPS) is 23.7. The first-order chi connectivity index (χ1) is 12.2. The van der Waals surface area contributed by atoms with Crippen molar-refractivity contribution in [3.05, 3.63) is 56.1 Å². The van der Waals surface area contributed by atoms with Crippen molar-refractivity contribution in [1.82, 2.24) is 4.90 Å². The summed E-state index contributed by atoms with van der Waals surface area (Å²) < 4.78 is 5.66. The zero-order chi connectivity index (χ0) is 17.4. The summed E-state index contributed by atoms with van der Waals surface area (Å²) in [7, 11) is 0. The predicted octanol–water partition coefficient (Wildman–Crippen LogP) is 3.57. The number of Topliss-reactive ketones (excluding diaryl/α,β-unsaturated/α-hetero) is 1. The average molecular weight is 375 g/mol. The van der Waals surface area contributed by atoms with E-state index in [1.165, 1.54) is 22.7 Å². The zero-order valence-electron chi connectivity index (χ0n) is 13.4. The first-order valence-electron chi connectivity index (χ1n) is 8.14. The molecule has 2 aliphatic rings. The third-order valence-electron chi connectivity index (χ3n) is 4.53. The maximum absolute atomic E-state index is 12.9. The van der Waals surface area contributed by atoms with Gasteiger partial charge < -0.3 is 14.7 Å². The highest BCUT2D eigenvalue weighted by molar-refractivity contribution is 7.12. The van der Waals surface area contributed by atoms with Crippen LogP contribution < -0.4 is 0 Å². The highest BCUT2D eigenvalue weighted by atomic mass is 32.1. The number of nitrogens with zero attached hydrogens (tertiary/aromatic N) is 1. The van der Waals surface area contributed by atoms with Gasteiger partial charge in [-0.3, -0.25) is 9.59 Å². The molecular weight excluding hydrogens is 358 g/mol. The second kappa shape index (κ2) is 6.74. The van der Waals surface area contributed by atoms with E-state index >= 15 is 0 Å². The molecule has 1 fully saturated rings. The molecular formula is C18H17NO4S2. The largest absolute Gasteiger partial charge is 0.503 e. The first kappa shape index (κ1) is 16.5. The van der Waals surface area contributed by atoms with E-state index in [0.717, 1.165) is 17.7 Å². The van der Waals surface area contributed by atoms with Crippen LogP contribution in [0.15, 0.2) is 46.4 Å². The summed E-state index contributed by atoms with van der Waals surface area (Å²) in [6.07, 6.45) is 1.81. The summed E-state index contributed by atoms with van der Waals surface area (Å²) in [5.74, 6) is -1.21. The van der Waals surface area contributed by atoms with Crippen LogP contribution in [0, 0.1) is 0 Å². The molecule has 0 bridgehead atoms. The van der Waals surface area contributed by atoms with Gasteiger partial charge in [0, 0.05) is 18.0 Å². The molecule has 0 unspecified atom stereocenters. The molecule has 4 rings (SSSR count). The van der Waals surface area contributed by atoms with E-state index in [1.807, 2.05) is 22.9 Å². The minimum atomic E-state index is -0.550. The molecule has 0 saturated carbocycles. The topological polar surface area (TPSA) is 66.8 Å². The first-order valence-corrected chi connectivity index (χ1v) is 9.90. The fourth-order valence-electron chi connectivity index (χ4n) is 3.36. The number of carbonyl (C=O) groups is 2. The number of amides is 1. The number of rotatable bonds is 5. The van der Waals surface area contributed by atoms with Gasteiger partial charge in [-0.1, -0.05) is 12.1 Å². The van der Waals surface area contributed by atoms with E-state index in [9.17, 15) is 14.7 Å². The van der Waals surface area contributed by atoms with Gasteiger partial charge in [-0.05, 0) is 35.7 Å². The molecule has 2 aromatic rings. The monoisotopic (exact) mass is 375 g/mol. The van der Waals surface area contributed by atoms with Gasteiger partial charge in [0.25, 0.3) is 5.91 Å². The molecule has 130 valence electrons. The van der Waals surface area contributed by atoms with E-state index in [1.54, 1.807) is 17.0 Å². The molecule has 7 heteroatoms. The second-order valence-electron chi connectivity index (χ2n) is 6.08. The number of hydrogen-bond donors (Lipinski definition) is 1. The molecule has 2 aliphatic heterocycles. The predicted molar refractivity (Wildman–Crippen MR) is 96.1 cm³/mol. The Morgan fingerprint density at radius 2 is 2.08 bits per heavy atom. The van der Waals surface area contributed by atoms with E-state index < -0.39 is 17.7 Å². The Morgan fingerprint density at radius 3 is 2.72 bits per heavy atom. The molecule has 0 aromatic carbocycles. The van der Waals surface area contributed by atoms with Crippen LogP contribution >= 0.6 is 22.7 Å². The van der Waals surface area contributed by atoms with Gasteiger partial charge in [0.2, 0.25) is 5.78 Å². The summed E-state index contributed by atoms with van der Waals surface area (Å²) in [4.78, 5) is 28.6. The standard InChI is InChI=1S/C18H17NO4S2/c20-16(13-6-3-9-25-13)14-15(12-5-2-8-24-12)19(18(22)17(14)21)10-11-4-1-7-23-11/h2-3,5-6,8-9,11,15,21H,1,4,7,10H2/t11-,15+/m0/s1. The summed E-state index contributed by atoms with van der Waals surface area (Å²) in [6, 6.07) is 6.73. The van der Waals surface area contributed by atoms with Crippen LogP contribution in [-0.4, -0.2) is 41.0 Å². The van der Waals surface area contributed by atoms with Gasteiger partial charge in [0.15, 0.2) is 5.76 Å². The smallest absolute Gasteiger partial charge is 0.290 e. The molecule has 2 aromatic heterocycles. The SMILES string of the molecule is O=C(C1=C(O)C(=O)N(C[C@@H]2CCCO2)[C@@H]1c1cccs1)c1cccs1. The van der Waals surface area contributed by atoms with Crippen LogP contribution in [0.5, 0.6) is 0 Å². The third kappa shape index (κ3) is 2.92. The number of hydrogen-bond acceptors (Lipinski definition) is 6. The Balaban J connectivity index is 1.72. The molecule has 4 heterocycles. The number of carbonyl (C=O) groups excluding carboxylic acids is 2. The average Bonchev–Trinajstić information content (AvgIpc) is 3.39. The number of ether oxygens (including phenoxy) is 1. The van der Waals surface area contributed by atoms with Crippen LogP contribution in [0.4, 0.5) is 0 Å². The Labute approximate surface area is 153 Å². The van der Waals surface area contributed by atoms with Gasteiger partial charge in [-0.2, -0.15) is 0 Å². The Morgan fingerprint density at radius 1 is 1.28 bits per heavy atom. The number of aliphatic hydroxyl groups is 1. The van der Waals surface area contributed by atoms with Gasteiger partial charge in [-0.25, -0.2) is 0 Å². The molecule has 0 radical (unpaired) electrons. The van der Waals surface area contributed by atoms with Crippen LogP contribution in [0.1, 0.15) is 33.4 Å². The summed E-state index contributed by atoms with van der Waals surface area (Å²) in [5, 5.41) is 14.2. The molecule has 1 N–H and O–H groups in total. The Hall–Kier alpha value is -1.96. The fourth-order valence-corrected chi connectivity index (χ4v) is 4.89. The number of aliphatic hydroxyl groups excluding tert-OH is 1. The zero-order valence-corrected chi connectivity index (χ0v) is 15.0. The van der Waals surface area contributed by atoms with Crippen LogP contribution in [-0.2, 0) is 9.53 Å². The Kier molecular flexibility index (Phi) is 4.45. The number of ketones is 1. The summed E-state index contributed by atoms with van der Waals surface area (Å²) in [6.45, 7) is 1.07. The van der Waals surface area contributed by atoms with E-state index in [2.05, 4.69) is 0 Å². The lowest BCUT2D eigenvalue weighted by molar-refractivity contribution is -0.130. The van der Waals surface area contributed by atoms with Crippen molar-refractivity contribution in [3.8, 4) is 0 Å². The lowest BCUT2D eigenvalue weighted by Crippen LogP contribution is -2.37. The number of thiophene rings is 2. The molecule has 1 saturated heterocycles. The molecule has 2 atom stereocenters. The minimum Gasteiger partial charge on any atom is -0.503 e. The maximum atomic E-state index is 12.9. The Bertz CT molecular complexity index is 804. The summed E-state index contributed by atoms with van der Waals surface area (Å²) >= 11 is 2.78.